The molecule has 0 saturated carbocycles. The van der Waals surface area contributed by atoms with Gasteiger partial charge in [0.1, 0.15) is 0 Å². The largest absolute Gasteiger partial charge is 0.378 e. The first-order valence-electron chi connectivity index (χ1n) is 5.03. The Morgan fingerprint density at radius 2 is 2.25 bits per heavy atom. The number of nitrogens with one attached hydrogen (secondary N) is 1. The summed E-state index contributed by atoms with van der Waals surface area (Å²) in [5.74, 6) is 0.662. The predicted octanol–water partition coefficient (Wildman–Crippen LogP) is 1.80. The molecule has 12 heavy (non-hydrogen) atoms. The van der Waals surface area contributed by atoms with Crippen LogP contribution in [0.15, 0.2) is 0 Å². The average Bonchev–Trinajstić information content (AvgIpc) is 2.01. The maximum absolute atomic E-state index is 5.77. The number of ether oxygens (including phenoxy) is 1. The van der Waals surface area contributed by atoms with Crippen molar-refractivity contribution < 1.29 is 4.74 Å². The van der Waals surface area contributed by atoms with Crippen molar-refractivity contribution >= 4 is 0 Å². The van der Waals surface area contributed by atoms with E-state index in [0.29, 0.717) is 18.1 Å². The van der Waals surface area contributed by atoms with E-state index in [9.17, 15) is 0 Å². The molecule has 2 nitrogen and oxygen atoms in total. The van der Waals surface area contributed by atoms with Crippen molar-refractivity contribution in [2.75, 3.05) is 13.2 Å². The molecular formula is C10H21NO. The van der Waals surface area contributed by atoms with Crippen molar-refractivity contribution in [1.29, 1.82) is 0 Å². The van der Waals surface area contributed by atoms with Crippen LogP contribution in [0.25, 0.3) is 0 Å². The first kappa shape index (κ1) is 10.0. The van der Waals surface area contributed by atoms with Gasteiger partial charge in [0.05, 0.1) is 6.10 Å². The van der Waals surface area contributed by atoms with Crippen molar-refractivity contribution in [3.05, 3.63) is 0 Å². The van der Waals surface area contributed by atoms with Crippen LogP contribution in [0.5, 0.6) is 0 Å². The smallest absolute Gasteiger partial charge is 0.0602 e. The second-order valence-electron chi connectivity index (χ2n) is 4.23. The van der Waals surface area contributed by atoms with Crippen LogP contribution in [0.3, 0.4) is 0 Å². The van der Waals surface area contributed by atoms with Gasteiger partial charge in [0, 0.05) is 12.6 Å². The van der Waals surface area contributed by atoms with Crippen molar-refractivity contribution in [3.8, 4) is 0 Å². The van der Waals surface area contributed by atoms with E-state index in [-0.39, 0.29) is 0 Å². The van der Waals surface area contributed by atoms with Crippen LogP contribution in [-0.4, -0.2) is 25.3 Å². The Balaban J connectivity index is 2.14. The third kappa shape index (κ3) is 3.55. The average molecular weight is 171 g/mol. The molecule has 0 aromatic rings. The van der Waals surface area contributed by atoms with Crippen LogP contribution in [0, 0.1) is 5.92 Å². The van der Waals surface area contributed by atoms with Crippen LogP contribution < -0.4 is 5.32 Å². The zero-order chi connectivity index (χ0) is 8.97. The number of hydrogen-bond acceptors (Lipinski definition) is 2. The van der Waals surface area contributed by atoms with E-state index in [4.69, 9.17) is 4.74 Å². The Morgan fingerprint density at radius 3 is 2.83 bits per heavy atom. The fourth-order valence-electron chi connectivity index (χ4n) is 1.57. The lowest BCUT2D eigenvalue weighted by molar-refractivity contribution is 0.00977. The van der Waals surface area contributed by atoms with Crippen LogP contribution in [-0.2, 0) is 4.74 Å². The van der Waals surface area contributed by atoms with Gasteiger partial charge >= 0.3 is 0 Å². The van der Waals surface area contributed by atoms with Gasteiger partial charge < -0.3 is 10.1 Å². The van der Waals surface area contributed by atoms with Crippen molar-refractivity contribution in [1.82, 2.24) is 5.32 Å². The predicted molar refractivity (Wildman–Crippen MR) is 51.3 cm³/mol. The van der Waals surface area contributed by atoms with E-state index >= 15 is 0 Å². The highest BCUT2D eigenvalue weighted by Gasteiger charge is 2.18. The summed E-state index contributed by atoms with van der Waals surface area (Å²) >= 11 is 0. The molecule has 2 heteroatoms. The highest BCUT2D eigenvalue weighted by molar-refractivity contribution is 4.75. The molecule has 2 atom stereocenters. The summed E-state index contributed by atoms with van der Waals surface area (Å²) in [5, 5.41) is 3.42. The van der Waals surface area contributed by atoms with E-state index in [0.717, 1.165) is 13.2 Å². The monoisotopic (exact) mass is 171 g/mol. The third-order valence-corrected chi connectivity index (χ3v) is 2.24. The summed E-state index contributed by atoms with van der Waals surface area (Å²) in [5.41, 5.74) is 0. The fourth-order valence-corrected chi connectivity index (χ4v) is 1.57. The van der Waals surface area contributed by atoms with Gasteiger partial charge in [0.25, 0.3) is 0 Å². The van der Waals surface area contributed by atoms with Gasteiger partial charge in [0.2, 0.25) is 0 Å². The molecule has 1 N–H and O–H groups in total. The molecule has 0 aromatic heterocycles. The SMILES string of the molecule is CC(C)COC1CCNC(C)C1. The number of hydrogen-bond donors (Lipinski definition) is 1. The standard InChI is InChI=1S/C10H21NO/c1-8(2)7-12-10-4-5-11-9(3)6-10/h8-11H,4-7H2,1-3H3. The lowest BCUT2D eigenvalue weighted by Gasteiger charge is -2.28. The Labute approximate surface area is 75.7 Å². The van der Waals surface area contributed by atoms with E-state index < -0.39 is 0 Å². The molecule has 1 aliphatic heterocycles. The third-order valence-electron chi connectivity index (χ3n) is 2.24. The van der Waals surface area contributed by atoms with E-state index in [1.807, 2.05) is 0 Å². The Hall–Kier alpha value is -0.0800. The highest BCUT2D eigenvalue weighted by Crippen LogP contribution is 2.12. The number of rotatable bonds is 3. The molecule has 2 unspecified atom stereocenters. The highest BCUT2D eigenvalue weighted by atomic mass is 16.5. The van der Waals surface area contributed by atoms with Crippen molar-refractivity contribution in [3.63, 3.8) is 0 Å². The molecule has 1 fully saturated rings. The lowest BCUT2D eigenvalue weighted by Crippen LogP contribution is -2.39. The molecule has 1 saturated heterocycles. The minimum Gasteiger partial charge on any atom is -0.378 e. The molecule has 0 aliphatic carbocycles. The molecular weight excluding hydrogens is 150 g/mol. The quantitative estimate of drug-likeness (QED) is 0.699. The van der Waals surface area contributed by atoms with E-state index in [1.54, 1.807) is 0 Å². The van der Waals surface area contributed by atoms with Crippen LogP contribution in [0.2, 0.25) is 0 Å². The molecule has 0 radical (unpaired) electrons. The van der Waals surface area contributed by atoms with Gasteiger partial charge in [0.15, 0.2) is 0 Å². The van der Waals surface area contributed by atoms with Crippen molar-refractivity contribution in [2.45, 2.75) is 45.8 Å². The second-order valence-corrected chi connectivity index (χ2v) is 4.23. The molecule has 0 spiro atoms. The van der Waals surface area contributed by atoms with Gasteiger partial charge in [-0.15, -0.1) is 0 Å². The first-order valence-corrected chi connectivity index (χ1v) is 5.03. The van der Waals surface area contributed by atoms with Crippen molar-refractivity contribution in [2.24, 2.45) is 5.92 Å². The maximum atomic E-state index is 5.77. The second kappa shape index (κ2) is 4.83. The Bertz CT molecular complexity index is 125. The van der Waals surface area contributed by atoms with E-state index in [2.05, 4.69) is 26.1 Å². The summed E-state index contributed by atoms with van der Waals surface area (Å²) in [4.78, 5) is 0. The van der Waals surface area contributed by atoms with Gasteiger partial charge in [-0.25, -0.2) is 0 Å². The Morgan fingerprint density at radius 1 is 1.50 bits per heavy atom. The van der Waals surface area contributed by atoms with Crippen LogP contribution >= 0.6 is 0 Å². The van der Waals surface area contributed by atoms with Gasteiger partial charge in [-0.2, -0.15) is 0 Å². The molecule has 1 heterocycles. The molecule has 0 bridgehead atoms. The van der Waals surface area contributed by atoms with E-state index in [1.165, 1.54) is 12.8 Å². The molecule has 72 valence electrons. The molecule has 1 aliphatic rings. The van der Waals surface area contributed by atoms with Gasteiger partial charge in [-0.3, -0.25) is 0 Å². The normalized spacial score (nSPS) is 31.0. The molecule has 0 amide bonds. The van der Waals surface area contributed by atoms with Crippen LogP contribution in [0.4, 0.5) is 0 Å². The lowest BCUT2D eigenvalue weighted by atomic mass is 10.0. The summed E-state index contributed by atoms with van der Waals surface area (Å²) < 4.78 is 5.77. The summed E-state index contributed by atoms with van der Waals surface area (Å²) in [6, 6.07) is 0.635. The molecule has 0 aromatic carbocycles. The summed E-state index contributed by atoms with van der Waals surface area (Å²) in [6.07, 6.45) is 2.85. The minimum absolute atomic E-state index is 0.503. The zero-order valence-electron chi connectivity index (χ0n) is 8.47. The van der Waals surface area contributed by atoms with Gasteiger partial charge in [-0.1, -0.05) is 13.8 Å². The maximum Gasteiger partial charge on any atom is 0.0602 e. The zero-order valence-corrected chi connectivity index (χ0v) is 8.47. The first-order chi connectivity index (χ1) is 5.68. The van der Waals surface area contributed by atoms with Gasteiger partial charge in [-0.05, 0) is 32.2 Å². The number of piperidine rings is 1. The summed E-state index contributed by atoms with van der Waals surface area (Å²) in [6.45, 7) is 8.65. The van der Waals surface area contributed by atoms with Crippen LogP contribution in [0.1, 0.15) is 33.6 Å². The molecule has 1 rings (SSSR count). The minimum atomic E-state index is 0.503. The topological polar surface area (TPSA) is 21.3 Å². The Kier molecular flexibility index (Phi) is 4.02. The summed E-state index contributed by atoms with van der Waals surface area (Å²) in [7, 11) is 0. The fraction of sp³-hybridized carbons (Fsp3) is 1.00.